The Kier molecular flexibility index (Phi) is 3.82. The zero-order valence-corrected chi connectivity index (χ0v) is 9.93. The molecule has 2 rings (SSSR count). The first-order valence-corrected chi connectivity index (χ1v) is 5.98. The maximum atomic E-state index is 11.4. The zero-order valence-electron chi connectivity index (χ0n) is 9.93. The number of carbonyl (C=O) groups is 2. The number of urea groups is 1. The number of aliphatic carboxylic acids is 1. The minimum absolute atomic E-state index is 0.0554. The van der Waals surface area contributed by atoms with Crippen molar-refractivity contribution in [1.29, 1.82) is 0 Å². The van der Waals surface area contributed by atoms with E-state index in [4.69, 9.17) is 5.11 Å². The predicted molar refractivity (Wildman–Crippen MR) is 66.4 cm³/mol. The summed E-state index contributed by atoms with van der Waals surface area (Å²) in [5.74, 6) is -0.527. The van der Waals surface area contributed by atoms with Crippen molar-refractivity contribution in [2.75, 3.05) is 6.54 Å². The summed E-state index contributed by atoms with van der Waals surface area (Å²) in [6.07, 6.45) is 0.885. The smallest absolute Gasteiger partial charge is 0.315 e. The Morgan fingerprint density at radius 3 is 2.67 bits per heavy atom. The summed E-state index contributed by atoms with van der Waals surface area (Å²) in [5, 5.41) is 13.8. The highest BCUT2D eigenvalue weighted by molar-refractivity contribution is 5.75. The number of nitrogens with one attached hydrogen (secondary N) is 2. The van der Waals surface area contributed by atoms with Crippen LogP contribution < -0.4 is 10.6 Å². The van der Waals surface area contributed by atoms with Crippen LogP contribution in [0.5, 0.6) is 0 Å². The first kappa shape index (κ1) is 12.4. The van der Waals surface area contributed by atoms with Crippen LogP contribution in [0.25, 0.3) is 0 Å². The zero-order chi connectivity index (χ0) is 13.0. The Morgan fingerprint density at radius 1 is 1.28 bits per heavy atom. The van der Waals surface area contributed by atoms with Gasteiger partial charge in [0.2, 0.25) is 0 Å². The maximum Gasteiger partial charge on any atom is 0.315 e. The third-order valence-corrected chi connectivity index (χ3v) is 2.96. The Labute approximate surface area is 105 Å². The monoisotopic (exact) mass is 248 g/mol. The van der Waals surface area contributed by atoms with Crippen LogP contribution in [0.3, 0.4) is 0 Å². The molecule has 0 unspecified atom stereocenters. The average molecular weight is 248 g/mol. The predicted octanol–water partition coefficient (Wildman–Crippen LogP) is 1.32. The van der Waals surface area contributed by atoms with Crippen LogP contribution in [0.2, 0.25) is 0 Å². The van der Waals surface area contributed by atoms with Crippen molar-refractivity contribution in [3.8, 4) is 0 Å². The van der Waals surface area contributed by atoms with E-state index < -0.39 is 5.97 Å². The molecular formula is C13H16N2O3. The van der Waals surface area contributed by atoms with Gasteiger partial charge in [-0.25, -0.2) is 4.79 Å². The van der Waals surface area contributed by atoms with Crippen molar-refractivity contribution in [2.45, 2.75) is 24.8 Å². The van der Waals surface area contributed by atoms with Crippen LogP contribution in [-0.2, 0) is 4.79 Å². The van der Waals surface area contributed by atoms with Crippen LogP contribution in [0, 0.1) is 0 Å². The van der Waals surface area contributed by atoms with Crippen molar-refractivity contribution < 1.29 is 14.7 Å². The third-order valence-electron chi connectivity index (χ3n) is 2.96. The standard InChI is InChI=1S/C13H16N2O3/c16-12(17)6-7-14-13(18)15-11-8-10(11)9-4-2-1-3-5-9/h1-5,10-11H,6-8H2,(H,16,17)(H2,14,15,18)/t10-,11+/m0/s1. The maximum absolute atomic E-state index is 11.4. The van der Waals surface area contributed by atoms with E-state index >= 15 is 0 Å². The van der Waals surface area contributed by atoms with E-state index in [9.17, 15) is 9.59 Å². The van der Waals surface area contributed by atoms with Gasteiger partial charge in [-0.3, -0.25) is 4.79 Å². The molecule has 2 atom stereocenters. The van der Waals surface area contributed by atoms with Gasteiger partial charge in [-0.15, -0.1) is 0 Å². The lowest BCUT2D eigenvalue weighted by atomic mass is 10.1. The Balaban J connectivity index is 1.70. The third kappa shape index (κ3) is 3.48. The summed E-state index contributed by atoms with van der Waals surface area (Å²) < 4.78 is 0. The van der Waals surface area contributed by atoms with Gasteiger partial charge in [0.1, 0.15) is 0 Å². The Morgan fingerprint density at radius 2 is 2.00 bits per heavy atom. The quantitative estimate of drug-likeness (QED) is 0.735. The molecule has 0 aromatic heterocycles. The van der Waals surface area contributed by atoms with Crippen LogP contribution in [0.1, 0.15) is 24.3 Å². The van der Waals surface area contributed by atoms with E-state index in [1.165, 1.54) is 5.56 Å². The molecule has 0 radical (unpaired) electrons. The van der Waals surface area contributed by atoms with Crippen molar-refractivity contribution in [1.82, 2.24) is 10.6 Å². The Bertz CT molecular complexity index is 433. The van der Waals surface area contributed by atoms with Crippen LogP contribution in [-0.4, -0.2) is 29.7 Å². The van der Waals surface area contributed by atoms with Crippen molar-refractivity contribution in [3.63, 3.8) is 0 Å². The van der Waals surface area contributed by atoms with E-state index in [1.807, 2.05) is 18.2 Å². The highest BCUT2D eigenvalue weighted by atomic mass is 16.4. The average Bonchev–Trinajstić information content (AvgIpc) is 3.09. The first-order chi connectivity index (χ1) is 8.66. The molecule has 0 aliphatic heterocycles. The van der Waals surface area contributed by atoms with Gasteiger partial charge in [-0.1, -0.05) is 30.3 Å². The normalized spacial score (nSPS) is 21.1. The van der Waals surface area contributed by atoms with Crippen LogP contribution in [0.4, 0.5) is 4.79 Å². The molecule has 2 amide bonds. The molecule has 18 heavy (non-hydrogen) atoms. The summed E-state index contributed by atoms with van der Waals surface area (Å²) in [7, 11) is 0. The molecule has 1 fully saturated rings. The molecular weight excluding hydrogens is 232 g/mol. The molecule has 1 saturated carbocycles. The van der Waals surface area contributed by atoms with E-state index in [0.717, 1.165) is 6.42 Å². The lowest BCUT2D eigenvalue weighted by molar-refractivity contribution is -0.136. The molecule has 0 saturated heterocycles. The van der Waals surface area contributed by atoms with Gasteiger partial charge in [0.15, 0.2) is 0 Å². The number of benzene rings is 1. The van der Waals surface area contributed by atoms with Gasteiger partial charge in [0.25, 0.3) is 0 Å². The summed E-state index contributed by atoms with van der Waals surface area (Å²) in [4.78, 5) is 21.7. The SMILES string of the molecule is O=C(O)CCNC(=O)N[C@@H]1C[C@H]1c1ccccc1. The van der Waals surface area contributed by atoms with E-state index in [2.05, 4.69) is 22.8 Å². The molecule has 96 valence electrons. The molecule has 3 N–H and O–H groups in total. The fourth-order valence-corrected chi connectivity index (χ4v) is 1.93. The highest BCUT2D eigenvalue weighted by Gasteiger charge is 2.39. The van der Waals surface area contributed by atoms with Gasteiger partial charge in [0.05, 0.1) is 6.42 Å². The minimum Gasteiger partial charge on any atom is -0.481 e. The fourth-order valence-electron chi connectivity index (χ4n) is 1.93. The first-order valence-electron chi connectivity index (χ1n) is 5.98. The number of hydrogen-bond acceptors (Lipinski definition) is 2. The van der Waals surface area contributed by atoms with E-state index in [0.29, 0.717) is 5.92 Å². The fraction of sp³-hybridized carbons (Fsp3) is 0.385. The molecule has 1 aliphatic rings. The van der Waals surface area contributed by atoms with E-state index in [1.54, 1.807) is 0 Å². The second kappa shape index (κ2) is 5.53. The van der Waals surface area contributed by atoms with Crippen molar-refractivity contribution in [3.05, 3.63) is 35.9 Å². The number of carbonyl (C=O) groups excluding carboxylic acids is 1. The number of amides is 2. The molecule has 1 aromatic carbocycles. The van der Waals surface area contributed by atoms with Crippen molar-refractivity contribution in [2.24, 2.45) is 0 Å². The van der Waals surface area contributed by atoms with Gasteiger partial charge in [0, 0.05) is 18.5 Å². The van der Waals surface area contributed by atoms with Gasteiger partial charge < -0.3 is 15.7 Å². The van der Waals surface area contributed by atoms with Crippen LogP contribution >= 0.6 is 0 Å². The lowest BCUT2D eigenvalue weighted by Gasteiger charge is -2.06. The second-order valence-corrected chi connectivity index (χ2v) is 4.40. The highest BCUT2D eigenvalue weighted by Crippen LogP contribution is 2.40. The summed E-state index contributed by atoms with van der Waals surface area (Å²) in [6.45, 7) is 0.157. The van der Waals surface area contributed by atoms with E-state index in [-0.39, 0.29) is 25.0 Å². The van der Waals surface area contributed by atoms with Crippen LogP contribution in [0.15, 0.2) is 30.3 Å². The number of carboxylic acids is 1. The summed E-state index contributed by atoms with van der Waals surface area (Å²) >= 11 is 0. The molecule has 0 heterocycles. The number of carboxylic acid groups (broad SMARTS) is 1. The van der Waals surface area contributed by atoms with Gasteiger partial charge >= 0.3 is 12.0 Å². The molecule has 5 nitrogen and oxygen atoms in total. The number of hydrogen-bond donors (Lipinski definition) is 3. The molecule has 5 heteroatoms. The molecule has 0 bridgehead atoms. The molecule has 1 aromatic rings. The van der Waals surface area contributed by atoms with Gasteiger partial charge in [-0.2, -0.15) is 0 Å². The Hall–Kier alpha value is -2.04. The minimum atomic E-state index is -0.913. The van der Waals surface area contributed by atoms with Gasteiger partial charge in [-0.05, 0) is 12.0 Å². The number of rotatable bonds is 5. The lowest BCUT2D eigenvalue weighted by Crippen LogP contribution is -2.38. The summed E-state index contributed by atoms with van der Waals surface area (Å²) in [5.41, 5.74) is 1.23. The molecule has 0 spiro atoms. The largest absolute Gasteiger partial charge is 0.481 e. The van der Waals surface area contributed by atoms with Crippen molar-refractivity contribution >= 4 is 12.0 Å². The second-order valence-electron chi connectivity index (χ2n) is 4.40. The summed E-state index contributed by atoms with van der Waals surface area (Å²) in [6, 6.07) is 9.91. The topological polar surface area (TPSA) is 78.4 Å². The molecule has 1 aliphatic carbocycles.